The van der Waals surface area contributed by atoms with Crippen LogP contribution in [0.2, 0.25) is 0 Å². The minimum absolute atomic E-state index is 0.181. The lowest BCUT2D eigenvalue weighted by Gasteiger charge is -2.26. The molecule has 0 aliphatic rings. The molecule has 3 aromatic rings. The highest BCUT2D eigenvalue weighted by molar-refractivity contribution is 7.76. The first-order valence-electron chi connectivity index (χ1n) is 10.5. The fraction of sp³-hybridized carbons (Fsp3) is 0.231. The summed E-state index contributed by atoms with van der Waals surface area (Å²) >= 11 is 0. The first-order chi connectivity index (χ1) is 14.7. The molecular formula is C26H30NO2P. The molecule has 0 spiro atoms. The van der Waals surface area contributed by atoms with E-state index < -0.39 is 7.29 Å². The summed E-state index contributed by atoms with van der Waals surface area (Å²) in [5, 5.41) is 5.13. The lowest BCUT2D eigenvalue weighted by molar-refractivity contribution is 0.414. The average Bonchev–Trinajstić information content (AvgIpc) is 2.82. The predicted octanol–water partition coefficient (Wildman–Crippen LogP) is 6.00. The molecule has 156 valence electrons. The molecule has 0 radical (unpaired) electrons. The molecule has 0 fully saturated rings. The van der Waals surface area contributed by atoms with Crippen LogP contribution in [0.15, 0.2) is 97.1 Å². The van der Waals surface area contributed by atoms with Crippen LogP contribution in [-0.2, 0) is 4.57 Å². The number of nitrogens with one attached hydrogen (secondary N) is 1. The summed E-state index contributed by atoms with van der Waals surface area (Å²) in [5.41, 5.74) is 1.05. The summed E-state index contributed by atoms with van der Waals surface area (Å²) in [5.74, 6) is 0.807. The minimum Gasteiger partial charge on any atom is -0.497 e. The average molecular weight is 420 g/mol. The van der Waals surface area contributed by atoms with E-state index in [1.165, 1.54) is 0 Å². The van der Waals surface area contributed by atoms with Crippen molar-refractivity contribution in [1.82, 2.24) is 5.09 Å². The number of unbranched alkanes of at least 4 members (excludes halogenated alkanes) is 2. The second-order valence-electron chi connectivity index (χ2n) is 7.23. The molecule has 1 N–H and O–H groups in total. The van der Waals surface area contributed by atoms with Crippen LogP contribution in [0.25, 0.3) is 0 Å². The van der Waals surface area contributed by atoms with Gasteiger partial charge in [-0.25, -0.2) is 5.09 Å². The van der Waals surface area contributed by atoms with Gasteiger partial charge in [-0.05, 0) is 48.4 Å². The highest BCUT2D eigenvalue weighted by Crippen LogP contribution is 2.42. The monoisotopic (exact) mass is 419 g/mol. The lowest BCUT2D eigenvalue weighted by atomic mass is 10.1. The van der Waals surface area contributed by atoms with Gasteiger partial charge >= 0.3 is 0 Å². The lowest BCUT2D eigenvalue weighted by Crippen LogP contribution is -2.30. The van der Waals surface area contributed by atoms with E-state index in [9.17, 15) is 4.57 Å². The number of methoxy groups -OCH3 is 1. The van der Waals surface area contributed by atoms with E-state index in [2.05, 4.69) is 24.2 Å². The molecule has 0 bridgehead atoms. The Morgan fingerprint density at radius 3 is 1.97 bits per heavy atom. The van der Waals surface area contributed by atoms with Crippen LogP contribution in [0, 0.1) is 0 Å². The Balaban J connectivity index is 2.01. The molecule has 0 aliphatic heterocycles. The van der Waals surface area contributed by atoms with Gasteiger partial charge in [-0.1, -0.05) is 80.4 Å². The Labute approximate surface area is 180 Å². The fourth-order valence-electron chi connectivity index (χ4n) is 3.36. The second kappa shape index (κ2) is 11.0. The Hall–Kier alpha value is -2.61. The standard InChI is InChI=1S/C26H30NO2P/c1-3-4-5-12-17-26(22-18-20-23(29-2)21-19-22)27-30(28,24-13-8-6-9-14-24)25-15-10-7-11-16-25/h6-21,26H,3-5H2,1-2H3,(H,27,28)/b17-12+. The van der Waals surface area contributed by atoms with Crippen molar-refractivity contribution in [2.45, 2.75) is 32.2 Å². The third kappa shape index (κ3) is 5.50. The molecule has 3 rings (SSSR count). The van der Waals surface area contributed by atoms with Crippen molar-refractivity contribution in [1.29, 1.82) is 0 Å². The largest absolute Gasteiger partial charge is 0.497 e. The summed E-state index contributed by atoms with van der Waals surface area (Å²) in [6.45, 7) is 2.19. The van der Waals surface area contributed by atoms with Gasteiger partial charge in [0.2, 0.25) is 7.29 Å². The number of hydrogen-bond acceptors (Lipinski definition) is 2. The van der Waals surface area contributed by atoms with E-state index in [4.69, 9.17) is 4.74 Å². The van der Waals surface area contributed by atoms with Crippen molar-refractivity contribution in [2.75, 3.05) is 7.11 Å². The number of ether oxygens (including phenoxy) is 1. The first-order valence-corrected chi connectivity index (χ1v) is 12.2. The molecule has 30 heavy (non-hydrogen) atoms. The van der Waals surface area contributed by atoms with Crippen molar-refractivity contribution in [3.63, 3.8) is 0 Å². The molecular weight excluding hydrogens is 389 g/mol. The van der Waals surface area contributed by atoms with Crippen molar-refractivity contribution < 1.29 is 9.30 Å². The molecule has 3 nitrogen and oxygen atoms in total. The highest BCUT2D eigenvalue weighted by atomic mass is 31.2. The Morgan fingerprint density at radius 2 is 1.47 bits per heavy atom. The van der Waals surface area contributed by atoms with Gasteiger partial charge in [-0.15, -0.1) is 0 Å². The number of benzene rings is 3. The molecule has 1 atom stereocenters. The van der Waals surface area contributed by atoms with E-state index >= 15 is 0 Å². The van der Waals surface area contributed by atoms with Gasteiger partial charge in [0.05, 0.1) is 13.2 Å². The SMILES string of the molecule is CCCC/C=C/C(NP(=O)(c1ccccc1)c1ccccc1)c1ccc(OC)cc1. The van der Waals surface area contributed by atoms with Crippen LogP contribution in [0.1, 0.15) is 37.8 Å². The minimum atomic E-state index is -3.05. The van der Waals surface area contributed by atoms with E-state index in [-0.39, 0.29) is 6.04 Å². The summed E-state index contributed by atoms with van der Waals surface area (Å²) in [7, 11) is -1.39. The fourth-order valence-corrected chi connectivity index (χ4v) is 5.77. The van der Waals surface area contributed by atoms with Gasteiger partial charge in [0.1, 0.15) is 5.75 Å². The number of hydrogen-bond donors (Lipinski definition) is 1. The zero-order valence-corrected chi connectivity index (χ0v) is 18.6. The molecule has 0 heterocycles. The maximum absolute atomic E-state index is 14.4. The highest BCUT2D eigenvalue weighted by Gasteiger charge is 2.29. The summed E-state index contributed by atoms with van der Waals surface area (Å²) in [6, 6.07) is 27.2. The van der Waals surface area contributed by atoms with E-state index in [0.717, 1.165) is 41.2 Å². The van der Waals surface area contributed by atoms with Gasteiger partial charge < -0.3 is 4.74 Å². The molecule has 0 aromatic heterocycles. The summed E-state index contributed by atoms with van der Waals surface area (Å²) < 4.78 is 19.8. The molecule has 0 saturated heterocycles. The third-order valence-electron chi connectivity index (χ3n) is 5.09. The second-order valence-corrected chi connectivity index (χ2v) is 9.74. The summed E-state index contributed by atoms with van der Waals surface area (Å²) in [4.78, 5) is 0. The van der Waals surface area contributed by atoms with Crippen molar-refractivity contribution in [2.24, 2.45) is 0 Å². The number of rotatable bonds is 10. The molecule has 3 aromatic carbocycles. The van der Waals surface area contributed by atoms with Crippen LogP contribution >= 0.6 is 7.29 Å². The topological polar surface area (TPSA) is 38.3 Å². The normalized spacial score (nSPS) is 12.7. The molecule has 4 heteroatoms. The molecule has 0 amide bonds. The van der Waals surface area contributed by atoms with Crippen molar-refractivity contribution in [3.05, 3.63) is 103 Å². The van der Waals surface area contributed by atoms with Crippen molar-refractivity contribution >= 4 is 17.9 Å². The van der Waals surface area contributed by atoms with Gasteiger partial charge in [0.25, 0.3) is 0 Å². The quantitative estimate of drug-likeness (QED) is 0.249. The van der Waals surface area contributed by atoms with Gasteiger partial charge in [0.15, 0.2) is 0 Å². The maximum atomic E-state index is 14.4. The van der Waals surface area contributed by atoms with Gasteiger partial charge in [-0.3, -0.25) is 4.57 Å². The predicted molar refractivity (Wildman–Crippen MR) is 127 cm³/mol. The zero-order valence-electron chi connectivity index (χ0n) is 17.7. The zero-order chi connectivity index (χ0) is 21.2. The van der Waals surface area contributed by atoms with Crippen molar-refractivity contribution in [3.8, 4) is 5.75 Å². The van der Waals surface area contributed by atoms with Crippen LogP contribution in [0.3, 0.4) is 0 Å². The Kier molecular flexibility index (Phi) is 8.07. The van der Waals surface area contributed by atoms with E-state index in [0.29, 0.717) is 0 Å². The number of allylic oxidation sites excluding steroid dienone is 1. The Morgan fingerprint density at radius 1 is 0.900 bits per heavy atom. The smallest absolute Gasteiger partial charge is 0.205 e. The molecule has 1 unspecified atom stereocenters. The Bertz CT molecular complexity index is 925. The van der Waals surface area contributed by atoms with Crippen LogP contribution in [0.5, 0.6) is 5.75 Å². The molecule has 0 saturated carbocycles. The van der Waals surface area contributed by atoms with Crippen LogP contribution in [-0.4, -0.2) is 7.11 Å². The first kappa shape index (κ1) is 22.1. The molecule has 0 aliphatic carbocycles. The van der Waals surface area contributed by atoms with Gasteiger partial charge in [-0.2, -0.15) is 0 Å². The van der Waals surface area contributed by atoms with E-state index in [1.54, 1.807) is 7.11 Å². The third-order valence-corrected chi connectivity index (χ3v) is 7.78. The van der Waals surface area contributed by atoms with E-state index in [1.807, 2.05) is 84.9 Å². The summed E-state index contributed by atoms with van der Waals surface area (Å²) in [6.07, 6.45) is 7.62. The van der Waals surface area contributed by atoms with Gasteiger partial charge in [0, 0.05) is 10.6 Å². The van der Waals surface area contributed by atoms with Crippen LogP contribution < -0.4 is 20.4 Å². The van der Waals surface area contributed by atoms with Crippen LogP contribution in [0.4, 0.5) is 0 Å². The maximum Gasteiger partial charge on any atom is 0.205 e.